The molecule has 0 amide bonds. The molecule has 4 rings (SSSR count). The van der Waals surface area contributed by atoms with E-state index in [-0.39, 0.29) is 0 Å². The van der Waals surface area contributed by atoms with Gasteiger partial charge in [-0.3, -0.25) is 0 Å². The second-order valence-electron chi connectivity index (χ2n) is 7.30. The third-order valence-electron chi connectivity index (χ3n) is 6.27. The lowest BCUT2D eigenvalue weighted by Gasteiger charge is -2.22. The van der Waals surface area contributed by atoms with Crippen molar-refractivity contribution in [2.24, 2.45) is 11.8 Å². The highest BCUT2D eigenvalue weighted by atomic mass is 14.6. The van der Waals surface area contributed by atoms with E-state index in [4.69, 9.17) is 0 Å². The molecule has 2 fully saturated rings. The summed E-state index contributed by atoms with van der Waals surface area (Å²) >= 11 is 0. The Balaban J connectivity index is 1.39. The predicted octanol–water partition coefficient (Wildman–Crippen LogP) is 5.25. The minimum atomic E-state index is 0.644. The monoisotopic (exact) mass is 254 g/mol. The van der Waals surface area contributed by atoms with Crippen molar-refractivity contribution < 1.29 is 0 Å². The molecule has 102 valence electrons. The molecular formula is C19H26. The van der Waals surface area contributed by atoms with Crippen LogP contribution in [0, 0.1) is 11.8 Å². The zero-order chi connectivity index (χ0) is 12.7. The smallest absolute Gasteiger partial charge is 0.000960 e. The molecule has 1 aromatic carbocycles. The fourth-order valence-corrected chi connectivity index (χ4v) is 5.02. The second-order valence-corrected chi connectivity index (χ2v) is 7.30. The molecule has 2 unspecified atom stereocenters. The Morgan fingerprint density at radius 3 is 2.74 bits per heavy atom. The summed E-state index contributed by atoms with van der Waals surface area (Å²) in [6.45, 7) is 0. The van der Waals surface area contributed by atoms with Gasteiger partial charge in [0.1, 0.15) is 0 Å². The maximum absolute atomic E-state index is 2.42. The zero-order valence-corrected chi connectivity index (χ0v) is 12.0. The summed E-state index contributed by atoms with van der Waals surface area (Å²) < 4.78 is 0. The lowest BCUT2D eigenvalue weighted by atomic mass is 9.84. The summed E-state index contributed by atoms with van der Waals surface area (Å²) in [6, 6.07) is 9.25. The first-order valence-corrected chi connectivity index (χ1v) is 8.47. The van der Waals surface area contributed by atoms with Crippen molar-refractivity contribution in [2.45, 2.75) is 69.6 Å². The summed E-state index contributed by atoms with van der Waals surface area (Å²) in [5.41, 5.74) is 4.02. The molecule has 1 aromatic rings. The maximum Gasteiger partial charge on any atom is -0.000960 e. The molecule has 0 saturated heterocycles. The van der Waals surface area contributed by atoms with Crippen LogP contribution in [0.3, 0.4) is 0 Å². The van der Waals surface area contributed by atoms with Gasteiger partial charge in [0.25, 0.3) is 0 Å². The third-order valence-corrected chi connectivity index (χ3v) is 6.27. The third kappa shape index (κ3) is 2.04. The standard InChI is InChI=1S/C19H26/c1-2-6-15(7-3-1)10-11-17-14-19(17)13-12-16-8-4-5-9-18(16)19/h4-5,8-9,15,17H,1-3,6-7,10-14H2. The normalized spacial score (nSPS) is 33.6. The molecule has 0 aromatic heterocycles. The van der Waals surface area contributed by atoms with Crippen molar-refractivity contribution in [1.29, 1.82) is 0 Å². The molecule has 0 heterocycles. The quantitative estimate of drug-likeness (QED) is 0.691. The molecule has 3 aliphatic carbocycles. The van der Waals surface area contributed by atoms with Gasteiger partial charge in [0.2, 0.25) is 0 Å². The fraction of sp³-hybridized carbons (Fsp3) is 0.684. The van der Waals surface area contributed by atoms with Gasteiger partial charge < -0.3 is 0 Å². The maximum atomic E-state index is 2.42. The van der Waals surface area contributed by atoms with Gasteiger partial charge in [0, 0.05) is 0 Å². The number of fused-ring (bicyclic) bond motifs is 2. The molecule has 0 radical (unpaired) electrons. The summed E-state index contributed by atoms with van der Waals surface area (Å²) in [4.78, 5) is 0. The molecule has 0 heteroatoms. The van der Waals surface area contributed by atoms with Crippen LogP contribution < -0.4 is 0 Å². The molecule has 3 aliphatic rings. The van der Waals surface area contributed by atoms with Crippen LogP contribution in [0.2, 0.25) is 0 Å². The van der Waals surface area contributed by atoms with Crippen LogP contribution in [-0.4, -0.2) is 0 Å². The van der Waals surface area contributed by atoms with Gasteiger partial charge in [-0.25, -0.2) is 0 Å². The lowest BCUT2D eigenvalue weighted by Crippen LogP contribution is -2.09. The van der Waals surface area contributed by atoms with E-state index < -0.39 is 0 Å². The first-order chi connectivity index (χ1) is 9.38. The molecule has 0 N–H and O–H groups in total. The van der Waals surface area contributed by atoms with Gasteiger partial charge in [-0.05, 0) is 54.1 Å². The highest BCUT2D eigenvalue weighted by molar-refractivity contribution is 5.44. The number of benzene rings is 1. The minimum absolute atomic E-state index is 0.644. The van der Waals surface area contributed by atoms with Gasteiger partial charge >= 0.3 is 0 Å². The Morgan fingerprint density at radius 2 is 1.84 bits per heavy atom. The van der Waals surface area contributed by atoms with E-state index in [1.54, 1.807) is 11.1 Å². The van der Waals surface area contributed by atoms with Crippen LogP contribution in [-0.2, 0) is 11.8 Å². The largest absolute Gasteiger partial charge is 0.0620 e. The Morgan fingerprint density at radius 1 is 1.00 bits per heavy atom. The average Bonchev–Trinajstić information content (AvgIpc) is 3.06. The highest BCUT2D eigenvalue weighted by Crippen LogP contribution is 2.63. The predicted molar refractivity (Wildman–Crippen MR) is 80.4 cm³/mol. The van der Waals surface area contributed by atoms with Gasteiger partial charge in [0.05, 0.1) is 0 Å². The van der Waals surface area contributed by atoms with Gasteiger partial charge in [-0.2, -0.15) is 0 Å². The van der Waals surface area contributed by atoms with Crippen LogP contribution >= 0.6 is 0 Å². The zero-order valence-electron chi connectivity index (χ0n) is 12.0. The second kappa shape index (κ2) is 4.65. The van der Waals surface area contributed by atoms with E-state index in [1.165, 1.54) is 64.2 Å². The molecule has 1 spiro atoms. The van der Waals surface area contributed by atoms with Crippen LogP contribution in [0.25, 0.3) is 0 Å². The van der Waals surface area contributed by atoms with Crippen molar-refractivity contribution >= 4 is 0 Å². The number of hydrogen-bond acceptors (Lipinski definition) is 0. The molecule has 2 atom stereocenters. The highest BCUT2D eigenvalue weighted by Gasteiger charge is 2.57. The van der Waals surface area contributed by atoms with Gasteiger partial charge in [-0.1, -0.05) is 62.8 Å². The van der Waals surface area contributed by atoms with Crippen molar-refractivity contribution in [3.8, 4) is 0 Å². The van der Waals surface area contributed by atoms with E-state index in [1.807, 2.05) is 0 Å². The average molecular weight is 254 g/mol. The summed E-state index contributed by atoms with van der Waals surface area (Å²) in [5.74, 6) is 2.10. The number of hydrogen-bond donors (Lipinski definition) is 0. The molecule has 2 saturated carbocycles. The Bertz CT molecular complexity index is 455. The SMILES string of the molecule is c1ccc2c(c1)CCC21CC1CCC1CCCCC1. The first kappa shape index (κ1) is 12.0. The topological polar surface area (TPSA) is 0 Å². The van der Waals surface area contributed by atoms with Crippen molar-refractivity contribution in [2.75, 3.05) is 0 Å². The molecular weight excluding hydrogens is 228 g/mol. The van der Waals surface area contributed by atoms with E-state index in [9.17, 15) is 0 Å². The Hall–Kier alpha value is -0.780. The Kier molecular flexibility index (Phi) is 2.94. The van der Waals surface area contributed by atoms with Crippen LogP contribution in [0.4, 0.5) is 0 Å². The Labute approximate surface area is 117 Å². The van der Waals surface area contributed by atoms with Gasteiger partial charge in [-0.15, -0.1) is 0 Å². The summed E-state index contributed by atoms with van der Waals surface area (Å²) in [5, 5.41) is 0. The van der Waals surface area contributed by atoms with Crippen molar-refractivity contribution in [1.82, 2.24) is 0 Å². The number of aryl methyl sites for hydroxylation is 1. The molecule has 0 aliphatic heterocycles. The van der Waals surface area contributed by atoms with E-state index in [0.29, 0.717) is 5.41 Å². The molecule has 0 bridgehead atoms. The van der Waals surface area contributed by atoms with Crippen molar-refractivity contribution in [3.05, 3.63) is 35.4 Å². The van der Waals surface area contributed by atoms with Gasteiger partial charge in [0.15, 0.2) is 0 Å². The molecule has 19 heavy (non-hydrogen) atoms. The number of rotatable bonds is 3. The lowest BCUT2D eigenvalue weighted by molar-refractivity contribution is 0.322. The van der Waals surface area contributed by atoms with Crippen LogP contribution in [0.15, 0.2) is 24.3 Å². The molecule has 0 nitrogen and oxygen atoms in total. The minimum Gasteiger partial charge on any atom is -0.0620 e. The van der Waals surface area contributed by atoms with E-state index >= 15 is 0 Å². The van der Waals surface area contributed by atoms with E-state index in [0.717, 1.165) is 11.8 Å². The van der Waals surface area contributed by atoms with E-state index in [2.05, 4.69) is 24.3 Å². The summed E-state index contributed by atoms with van der Waals surface area (Å²) in [6.07, 6.45) is 14.9. The van der Waals surface area contributed by atoms with Crippen LogP contribution in [0.1, 0.15) is 68.9 Å². The van der Waals surface area contributed by atoms with Crippen molar-refractivity contribution in [3.63, 3.8) is 0 Å². The van der Waals surface area contributed by atoms with Crippen LogP contribution in [0.5, 0.6) is 0 Å². The summed E-state index contributed by atoms with van der Waals surface area (Å²) in [7, 11) is 0. The first-order valence-electron chi connectivity index (χ1n) is 8.47. The fourth-order valence-electron chi connectivity index (χ4n) is 5.02.